The molecule has 0 aromatic carbocycles. The first-order chi connectivity index (χ1) is 9.15. The molecule has 1 aliphatic carbocycles. The Bertz CT molecular complexity index is 422. The molecule has 0 atom stereocenters. The lowest BCUT2D eigenvalue weighted by atomic mass is 9.90. The maximum absolute atomic E-state index is 12.4. The third-order valence-corrected chi connectivity index (χ3v) is 5.41. The molecule has 1 amide bonds. The minimum Gasteiger partial charge on any atom is -0.338 e. The molecule has 0 aliphatic heterocycles. The second-order valence-corrected chi connectivity index (χ2v) is 6.50. The van der Waals surface area contributed by atoms with Gasteiger partial charge in [-0.25, -0.2) is 0 Å². The van der Waals surface area contributed by atoms with Gasteiger partial charge in [0.15, 0.2) is 0 Å². The number of amides is 1. The third-order valence-electron chi connectivity index (χ3n) is 4.19. The topological polar surface area (TPSA) is 32.3 Å². The van der Waals surface area contributed by atoms with Crippen LogP contribution >= 0.6 is 11.3 Å². The van der Waals surface area contributed by atoms with E-state index in [9.17, 15) is 4.79 Å². The van der Waals surface area contributed by atoms with Crippen molar-refractivity contribution in [2.75, 3.05) is 14.1 Å². The van der Waals surface area contributed by atoms with Crippen LogP contribution < -0.4 is 5.32 Å². The molecule has 1 aliphatic rings. The maximum atomic E-state index is 12.4. The second-order valence-electron chi connectivity index (χ2n) is 5.33. The molecule has 0 saturated heterocycles. The molecule has 0 spiro atoms. The van der Waals surface area contributed by atoms with Gasteiger partial charge in [-0.05, 0) is 51.3 Å². The Morgan fingerprint density at radius 2 is 2.05 bits per heavy atom. The zero-order chi connectivity index (χ0) is 13.8. The predicted molar refractivity (Wildman–Crippen MR) is 80.9 cm³/mol. The van der Waals surface area contributed by atoms with E-state index in [1.165, 1.54) is 17.7 Å². The van der Waals surface area contributed by atoms with E-state index in [0.717, 1.165) is 24.1 Å². The van der Waals surface area contributed by atoms with Gasteiger partial charge in [-0.2, -0.15) is 0 Å². The lowest BCUT2D eigenvalue weighted by molar-refractivity contribution is 0.0690. The summed E-state index contributed by atoms with van der Waals surface area (Å²) in [4.78, 5) is 16.6. The van der Waals surface area contributed by atoms with E-state index in [-0.39, 0.29) is 5.91 Å². The number of hydrogen-bond acceptors (Lipinski definition) is 3. The summed E-state index contributed by atoms with van der Waals surface area (Å²) in [6, 6.07) is 5.09. The van der Waals surface area contributed by atoms with Gasteiger partial charge in [0.05, 0.1) is 4.88 Å². The van der Waals surface area contributed by atoms with Crippen molar-refractivity contribution in [2.45, 2.75) is 51.1 Å². The highest BCUT2D eigenvalue weighted by Gasteiger charge is 2.26. The van der Waals surface area contributed by atoms with Crippen molar-refractivity contribution in [3.63, 3.8) is 0 Å². The quantitative estimate of drug-likeness (QED) is 0.919. The molecule has 106 valence electrons. The van der Waals surface area contributed by atoms with Gasteiger partial charge in [-0.3, -0.25) is 4.79 Å². The van der Waals surface area contributed by atoms with E-state index in [1.807, 2.05) is 25.1 Å². The largest absolute Gasteiger partial charge is 0.338 e. The Morgan fingerprint density at radius 1 is 1.37 bits per heavy atom. The summed E-state index contributed by atoms with van der Waals surface area (Å²) in [7, 11) is 3.98. The highest BCUT2D eigenvalue weighted by molar-refractivity contribution is 7.14. The zero-order valence-corrected chi connectivity index (χ0v) is 12.9. The molecular weight excluding hydrogens is 256 g/mol. The summed E-state index contributed by atoms with van der Waals surface area (Å²) >= 11 is 1.63. The molecule has 19 heavy (non-hydrogen) atoms. The molecule has 1 aromatic rings. The van der Waals surface area contributed by atoms with E-state index in [2.05, 4.69) is 18.3 Å². The molecule has 4 heteroatoms. The molecule has 3 nitrogen and oxygen atoms in total. The average Bonchev–Trinajstić information content (AvgIpc) is 2.94. The van der Waals surface area contributed by atoms with Gasteiger partial charge >= 0.3 is 0 Å². The number of thiophene rings is 1. The average molecular weight is 280 g/mol. The molecule has 1 saturated carbocycles. The van der Waals surface area contributed by atoms with Crippen LogP contribution in [0.2, 0.25) is 0 Å². The summed E-state index contributed by atoms with van der Waals surface area (Å²) in [5.41, 5.74) is 0. The van der Waals surface area contributed by atoms with Gasteiger partial charge < -0.3 is 10.2 Å². The summed E-state index contributed by atoms with van der Waals surface area (Å²) in [5.74, 6) is 0.192. The summed E-state index contributed by atoms with van der Waals surface area (Å²) in [6.07, 6.45) is 5.57. The lowest BCUT2D eigenvalue weighted by Gasteiger charge is -2.34. The van der Waals surface area contributed by atoms with Crippen LogP contribution in [0.15, 0.2) is 12.1 Å². The van der Waals surface area contributed by atoms with Gasteiger partial charge in [-0.15, -0.1) is 11.3 Å². The zero-order valence-electron chi connectivity index (χ0n) is 12.1. The first-order valence-corrected chi connectivity index (χ1v) is 8.00. The van der Waals surface area contributed by atoms with Crippen LogP contribution in [0.1, 0.15) is 47.2 Å². The Morgan fingerprint density at radius 3 is 2.58 bits per heavy atom. The molecule has 0 unspecified atom stereocenters. The fraction of sp³-hybridized carbons (Fsp3) is 0.667. The lowest BCUT2D eigenvalue weighted by Crippen LogP contribution is -2.42. The van der Waals surface area contributed by atoms with Crippen molar-refractivity contribution >= 4 is 17.2 Å². The van der Waals surface area contributed by atoms with E-state index in [0.29, 0.717) is 12.1 Å². The van der Waals surface area contributed by atoms with Crippen molar-refractivity contribution in [3.8, 4) is 0 Å². The van der Waals surface area contributed by atoms with Gasteiger partial charge in [0.1, 0.15) is 0 Å². The van der Waals surface area contributed by atoms with E-state index >= 15 is 0 Å². The normalized spacial score (nSPS) is 23.3. The highest BCUT2D eigenvalue weighted by atomic mass is 32.1. The number of carbonyl (C=O) groups excluding carboxylic acids is 1. The van der Waals surface area contributed by atoms with Crippen LogP contribution in [0, 0.1) is 0 Å². The van der Waals surface area contributed by atoms with Gasteiger partial charge in [0, 0.05) is 24.0 Å². The van der Waals surface area contributed by atoms with Crippen LogP contribution in [0.25, 0.3) is 0 Å². The van der Waals surface area contributed by atoms with Crippen molar-refractivity contribution in [2.24, 2.45) is 0 Å². The number of aryl methyl sites for hydroxylation is 1. The number of rotatable bonds is 4. The molecule has 1 fully saturated rings. The predicted octanol–water partition coefficient (Wildman–Crippen LogP) is 2.91. The maximum Gasteiger partial charge on any atom is 0.263 e. The highest BCUT2D eigenvalue weighted by Crippen LogP contribution is 2.25. The van der Waals surface area contributed by atoms with Gasteiger partial charge in [0.2, 0.25) is 0 Å². The standard InChI is InChI=1S/C15H24N2OS/c1-4-13-9-10-14(19-13)15(18)17(3)12-7-5-11(16-2)6-8-12/h9-12,16H,4-8H2,1-3H3. The van der Waals surface area contributed by atoms with Crippen LogP contribution in [0.3, 0.4) is 0 Å². The monoisotopic (exact) mass is 280 g/mol. The molecule has 0 radical (unpaired) electrons. The molecule has 0 bridgehead atoms. The summed E-state index contributed by atoms with van der Waals surface area (Å²) < 4.78 is 0. The first-order valence-electron chi connectivity index (χ1n) is 7.18. The molecular formula is C15H24N2OS. The van der Waals surface area contributed by atoms with Crippen LogP contribution in [0.5, 0.6) is 0 Å². The van der Waals surface area contributed by atoms with Gasteiger partial charge in [-0.1, -0.05) is 6.92 Å². The Labute approximate surface area is 120 Å². The number of hydrogen-bond donors (Lipinski definition) is 1. The van der Waals surface area contributed by atoms with Crippen molar-refractivity contribution in [1.82, 2.24) is 10.2 Å². The number of nitrogens with zero attached hydrogens (tertiary/aromatic N) is 1. The fourth-order valence-corrected chi connectivity index (χ4v) is 3.70. The van der Waals surface area contributed by atoms with Crippen LogP contribution in [-0.2, 0) is 6.42 Å². The molecule has 1 N–H and O–H groups in total. The Balaban J connectivity index is 1.95. The van der Waals surface area contributed by atoms with E-state index < -0.39 is 0 Å². The molecule has 1 aromatic heterocycles. The van der Waals surface area contributed by atoms with Crippen molar-refractivity contribution in [3.05, 3.63) is 21.9 Å². The first kappa shape index (κ1) is 14.5. The fourth-order valence-electron chi connectivity index (χ4n) is 2.77. The smallest absolute Gasteiger partial charge is 0.263 e. The molecule has 2 rings (SSSR count). The van der Waals surface area contributed by atoms with Crippen molar-refractivity contribution in [1.29, 1.82) is 0 Å². The number of carbonyl (C=O) groups is 1. The third kappa shape index (κ3) is 3.37. The number of nitrogens with one attached hydrogen (secondary N) is 1. The van der Waals surface area contributed by atoms with E-state index in [4.69, 9.17) is 0 Å². The minimum atomic E-state index is 0.192. The molecule has 1 heterocycles. The SMILES string of the molecule is CCc1ccc(C(=O)N(C)C2CCC(NC)CC2)s1. The Hall–Kier alpha value is -0.870. The summed E-state index contributed by atoms with van der Waals surface area (Å²) in [6.45, 7) is 2.13. The summed E-state index contributed by atoms with van der Waals surface area (Å²) in [5, 5.41) is 3.33. The minimum absolute atomic E-state index is 0.192. The van der Waals surface area contributed by atoms with Crippen LogP contribution in [-0.4, -0.2) is 37.0 Å². The van der Waals surface area contributed by atoms with E-state index in [1.54, 1.807) is 11.3 Å². The second kappa shape index (κ2) is 6.53. The van der Waals surface area contributed by atoms with Crippen LogP contribution in [0.4, 0.5) is 0 Å². The van der Waals surface area contributed by atoms with Crippen molar-refractivity contribution < 1.29 is 4.79 Å². The van der Waals surface area contributed by atoms with Gasteiger partial charge in [0.25, 0.3) is 5.91 Å². The Kier molecular flexibility index (Phi) is 4.99.